The van der Waals surface area contributed by atoms with Crippen molar-refractivity contribution in [3.8, 4) is 0 Å². The fraction of sp³-hybridized carbons (Fsp3) is 0.571. The Bertz CT molecular complexity index is 790. The van der Waals surface area contributed by atoms with E-state index in [4.69, 9.17) is 9.47 Å². The van der Waals surface area contributed by atoms with Gasteiger partial charge in [-0.3, -0.25) is 4.79 Å². The molecule has 1 aromatic carbocycles. The number of H-pyrrole nitrogens is 1. The Hall–Kier alpha value is -1.85. The van der Waals surface area contributed by atoms with Gasteiger partial charge in [-0.05, 0) is 43.7 Å². The third-order valence-corrected chi connectivity index (χ3v) is 6.15. The molecule has 26 heavy (non-hydrogen) atoms. The number of piperidine rings is 1. The number of nitrogens with one attached hydrogen (secondary N) is 1. The molecule has 2 aromatic rings. The van der Waals surface area contributed by atoms with E-state index >= 15 is 0 Å². The third-order valence-electron chi connectivity index (χ3n) is 6.15. The van der Waals surface area contributed by atoms with Crippen LogP contribution in [-0.4, -0.2) is 54.3 Å². The number of carbonyl (C=O) groups excluding carboxylic acids is 1. The number of hydrogen-bond donors (Lipinski definition) is 1. The average molecular weight is 356 g/mol. The summed E-state index contributed by atoms with van der Waals surface area (Å²) in [6, 6.07) is 8.16. The van der Waals surface area contributed by atoms with Crippen LogP contribution in [0.15, 0.2) is 24.3 Å². The van der Waals surface area contributed by atoms with E-state index in [1.807, 2.05) is 23.1 Å². The van der Waals surface area contributed by atoms with Crippen LogP contribution >= 0.6 is 0 Å². The molecule has 0 unspecified atom stereocenters. The molecule has 1 N–H and O–H groups in total. The molecule has 2 aliphatic heterocycles. The smallest absolute Gasteiger partial charge is 0.270 e. The summed E-state index contributed by atoms with van der Waals surface area (Å²) in [6.07, 6.45) is 4.78. The molecule has 0 bridgehead atoms. The number of carbonyl (C=O) groups is 1. The number of nitrogens with zero attached hydrogens (tertiary/aromatic N) is 1. The minimum absolute atomic E-state index is 0.109. The van der Waals surface area contributed by atoms with Crippen molar-refractivity contribution in [1.82, 2.24) is 9.88 Å². The molecule has 2 fully saturated rings. The zero-order valence-corrected chi connectivity index (χ0v) is 15.7. The molecule has 5 heteroatoms. The Balaban J connectivity index is 1.54. The summed E-state index contributed by atoms with van der Waals surface area (Å²) in [5.74, 6) is 0.109. The van der Waals surface area contributed by atoms with Crippen molar-refractivity contribution in [1.29, 1.82) is 0 Å². The number of methoxy groups -OCH3 is 1. The van der Waals surface area contributed by atoms with Crippen LogP contribution in [0.4, 0.5) is 0 Å². The lowest BCUT2D eigenvalue weighted by Gasteiger charge is -2.48. The molecule has 0 saturated carbocycles. The van der Waals surface area contributed by atoms with Crippen molar-refractivity contribution in [2.75, 3.05) is 26.8 Å². The van der Waals surface area contributed by atoms with Crippen molar-refractivity contribution in [3.63, 3.8) is 0 Å². The van der Waals surface area contributed by atoms with Gasteiger partial charge in [0.15, 0.2) is 0 Å². The predicted octanol–water partition coefficient (Wildman–Crippen LogP) is 3.53. The number of hydrogen-bond acceptors (Lipinski definition) is 3. The van der Waals surface area contributed by atoms with Gasteiger partial charge in [-0.15, -0.1) is 0 Å². The highest BCUT2D eigenvalue weighted by atomic mass is 16.5. The maximum Gasteiger partial charge on any atom is 0.270 e. The highest BCUT2D eigenvalue weighted by molar-refractivity contribution is 6.01. The third kappa shape index (κ3) is 2.83. The summed E-state index contributed by atoms with van der Waals surface area (Å²) >= 11 is 0. The number of benzene rings is 1. The van der Waals surface area contributed by atoms with E-state index in [2.05, 4.69) is 18.0 Å². The van der Waals surface area contributed by atoms with E-state index in [9.17, 15) is 4.79 Å². The quantitative estimate of drug-likeness (QED) is 0.915. The Morgan fingerprint density at radius 3 is 2.85 bits per heavy atom. The lowest BCUT2D eigenvalue weighted by atomic mass is 9.81. The number of aromatic amines is 1. The molecule has 140 valence electrons. The molecular formula is C21H28N2O3. The summed E-state index contributed by atoms with van der Waals surface area (Å²) in [5.41, 5.74) is 2.70. The summed E-state index contributed by atoms with van der Waals surface area (Å²) in [6.45, 7) is 4.35. The molecule has 4 rings (SSSR count). The SMILES string of the molecule is CCc1c(C(=O)N2CCC3(CC2)OCCC[C@@H]3OC)[nH]c2ccccc12. The molecule has 2 saturated heterocycles. The number of fused-ring (bicyclic) bond motifs is 1. The number of rotatable bonds is 3. The van der Waals surface area contributed by atoms with Crippen LogP contribution in [0.2, 0.25) is 0 Å². The topological polar surface area (TPSA) is 54.6 Å². The molecule has 2 aliphatic rings. The Morgan fingerprint density at radius 1 is 1.35 bits per heavy atom. The maximum absolute atomic E-state index is 13.2. The van der Waals surface area contributed by atoms with Crippen molar-refractivity contribution >= 4 is 16.8 Å². The Morgan fingerprint density at radius 2 is 2.12 bits per heavy atom. The number of likely N-dealkylation sites (tertiary alicyclic amines) is 1. The van der Waals surface area contributed by atoms with Crippen LogP contribution in [0.1, 0.15) is 48.7 Å². The van der Waals surface area contributed by atoms with Crippen molar-refractivity contribution < 1.29 is 14.3 Å². The van der Waals surface area contributed by atoms with Gasteiger partial charge in [-0.25, -0.2) is 0 Å². The van der Waals surface area contributed by atoms with Gasteiger partial charge < -0.3 is 19.4 Å². The predicted molar refractivity (Wildman–Crippen MR) is 102 cm³/mol. The normalized spacial score (nSPS) is 22.8. The molecule has 0 radical (unpaired) electrons. The lowest BCUT2D eigenvalue weighted by molar-refractivity contribution is -0.183. The van der Waals surface area contributed by atoms with E-state index in [-0.39, 0.29) is 17.6 Å². The molecule has 1 aromatic heterocycles. The van der Waals surface area contributed by atoms with Crippen LogP contribution in [0.25, 0.3) is 10.9 Å². The van der Waals surface area contributed by atoms with E-state index in [0.717, 1.165) is 74.0 Å². The number of amides is 1. The van der Waals surface area contributed by atoms with Crippen LogP contribution in [0.5, 0.6) is 0 Å². The molecule has 5 nitrogen and oxygen atoms in total. The number of para-hydroxylation sites is 1. The first kappa shape index (κ1) is 17.6. The van der Waals surface area contributed by atoms with E-state index in [1.165, 1.54) is 0 Å². The second-order valence-electron chi connectivity index (χ2n) is 7.45. The fourth-order valence-corrected chi connectivity index (χ4v) is 4.70. The minimum atomic E-state index is -0.211. The molecule has 1 spiro atoms. The van der Waals surface area contributed by atoms with Crippen LogP contribution in [-0.2, 0) is 15.9 Å². The van der Waals surface area contributed by atoms with Gasteiger partial charge in [-0.1, -0.05) is 25.1 Å². The molecule has 3 heterocycles. The van der Waals surface area contributed by atoms with Crippen LogP contribution < -0.4 is 0 Å². The van der Waals surface area contributed by atoms with Crippen LogP contribution in [0, 0.1) is 0 Å². The van der Waals surface area contributed by atoms with Gasteiger partial charge in [0.2, 0.25) is 0 Å². The first-order valence-electron chi connectivity index (χ1n) is 9.74. The number of aromatic nitrogens is 1. The number of aryl methyl sites for hydroxylation is 1. The highest BCUT2D eigenvalue weighted by Crippen LogP contribution is 2.37. The maximum atomic E-state index is 13.2. The molecule has 1 amide bonds. The van der Waals surface area contributed by atoms with Gasteiger partial charge in [0.25, 0.3) is 5.91 Å². The molecular weight excluding hydrogens is 328 g/mol. The van der Waals surface area contributed by atoms with Gasteiger partial charge in [0, 0.05) is 37.7 Å². The van der Waals surface area contributed by atoms with Gasteiger partial charge in [0.05, 0.1) is 11.7 Å². The van der Waals surface area contributed by atoms with Crippen molar-refractivity contribution in [2.45, 2.75) is 50.7 Å². The zero-order valence-electron chi connectivity index (χ0n) is 15.7. The minimum Gasteiger partial charge on any atom is -0.378 e. The van der Waals surface area contributed by atoms with E-state index < -0.39 is 0 Å². The van der Waals surface area contributed by atoms with Crippen molar-refractivity contribution in [3.05, 3.63) is 35.5 Å². The van der Waals surface area contributed by atoms with Crippen molar-refractivity contribution in [2.24, 2.45) is 0 Å². The second kappa shape index (κ2) is 7.05. The molecule has 1 atom stereocenters. The standard InChI is InChI=1S/C21H28N2O3/c1-3-15-16-7-4-5-8-17(16)22-19(15)20(24)23-12-10-21(11-13-23)18(25-2)9-6-14-26-21/h4-5,7-8,18,22H,3,6,9-14H2,1-2H3/t18-/m0/s1. The largest absolute Gasteiger partial charge is 0.378 e. The van der Waals surface area contributed by atoms with Gasteiger partial charge in [-0.2, -0.15) is 0 Å². The Labute approximate surface area is 154 Å². The van der Waals surface area contributed by atoms with E-state index in [1.54, 1.807) is 7.11 Å². The van der Waals surface area contributed by atoms with Crippen LogP contribution in [0.3, 0.4) is 0 Å². The van der Waals surface area contributed by atoms with Gasteiger partial charge >= 0.3 is 0 Å². The van der Waals surface area contributed by atoms with E-state index in [0.29, 0.717) is 0 Å². The fourth-order valence-electron chi connectivity index (χ4n) is 4.70. The average Bonchev–Trinajstić information content (AvgIpc) is 3.07. The highest BCUT2D eigenvalue weighted by Gasteiger charge is 2.45. The number of ether oxygens (including phenoxy) is 2. The first-order chi connectivity index (χ1) is 12.7. The summed E-state index contributed by atoms with van der Waals surface area (Å²) in [4.78, 5) is 18.5. The first-order valence-corrected chi connectivity index (χ1v) is 9.74. The zero-order chi connectivity index (χ0) is 18.1. The lowest BCUT2D eigenvalue weighted by Crippen LogP contribution is -2.56. The second-order valence-corrected chi connectivity index (χ2v) is 7.45. The van der Waals surface area contributed by atoms with Gasteiger partial charge in [0.1, 0.15) is 5.69 Å². The summed E-state index contributed by atoms with van der Waals surface area (Å²) < 4.78 is 11.9. The summed E-state index contributed by atoms with van der Waals surface area (Å²) in [5, 5.41) is 1.15. The Kier molecular flexibility index (Phi) is 4.76. The monoisotopic (exact) mass is 356 g/mol. The summed E-state index contributed by atoms with van der Waals surface area (Å²) in [7, 11) is 1.77. The molecule has 0 aliphatic carbocycles.